The quantitative estimate of drug-likeness (QED) is 0.205. The van der Waals surface area contributed by atoms with Gasteiger partial charge in [-0.05, 0) is 83.4 Å². The number of nitrogens with one attached hydrogen (secondary N) is 4. The maximum Gasteiger partial charge on any atom is 0.311 e. The molecule has 0 spiro atoms. The summed E-state index contributed by atoms with van der Waals surface area (Å²) in [7, 11) is 7.09. The molecular weight excluding hydrogens is 917 g/mol. The Bertz CT molecular complexity index is 2080. The SMILES string of the molecule is CCC(C)C1OC(=O)C(C)C(CC)NC(=O)[C@H](C)N(C)C(=O)C(C)(C)C(=O)[C@H](C)NC(=O)[C@@H](Cc2ccc(OC)cc2)N(C)C(=O)[C@H](C(C)C)N(C)C(=O)CNC(=O)[C@H](CC(C)C)N(C)C(=O)CNC1=O. The number of carbonyl (C=O) groups is 10. The predicted octanol–water partition coefficient (Wildman–Crippen LogP) is 2.10. The number of hydrogen-bond donors (Lipinski definition) is 4. The molecule has 0 aliphatic carbocycles. The summed E-state index contributed by atoms with van der Waals surface area (Å²) in [5, 5.41) is 10.7. The number of cyclic esters (lactones) is 1. The van der Waals surface area contributed by atoms with Crippen LogP contribution in [0.4, 0.5) is 0 Å². The third kappa shape index (κ3) is 16.0. The Morgan fingerprint density at radius 3 is 1.76 bits per heavy atom. The van der Waals surface area contributed by atoms with Crippen LogP contribution < -0.4 is 26.0 Å². The number of rotatable bonds is 9. The molecule has 9 atom stereocenters. The second-order valence-corrected chi connectivity index (χ2v) is 20.2. The third-order valence-corrected chi connectivity index (χ3v) is 13.7. The van der Waals surface area contributed by atoms with Crippen molar-refractivity contribution < 1.29 is 57.4 Å². The molecule has 0 saturated carbocycles. The monoisotopic (exact) mass is 999 g/mol. The number of amides is 8. The first-order valence-electron chi connectivity index (χ1n) is 24.6. The Hall–Kier alpha value is -6.08. The summed E-state index contributed by atoms with van der Waals surface area (Å²) in [6, 6.07) is 0.125. The van der Waals surface area contributed by atoms with Crippen molar-refractivity contribution in [3.05, 3.63) is 29.8 Å². The zero-order chi connectivity index (χ0) is 54.4. The molecule has 1 aliphatic heterocycles. The van der Waals surface area contributed by atoms with Crippen molar-refractivity contribution in [2.75, 3.05) is 48.4 Å². The number of carbonyl (C=O) groups excluding carboxylic acids is 10. The largest absolute Gasteiger partial charge is 0.497 e. The number of ether oxygens (including phenoxy) is 2. The van der Waals surface area contributed by atoms with Crippen molar-refractivity contribution in [1.29, 1.82) is 0 Å². The van der Waals surface area contributed by atoms with Crippen LogP contribution in [0, 0.1) is 29.1 Å². The van der Waals surface area contributed by atoms with Crippen molar-refractivity contribution in [2.45, 2.75) is 151 Å². The molecule has 20 heteroatoms. The smallest absolute Gasteiger partial charge is 0.311 e. The summed E-state index contributed by atoms with van der Waals surface area (Å²) >= 11 is 0. The highest BCUT2D eigenvalue weighted by Crippen LogP contribution is 2.25. The van der Waals surface area contributed by atoms with Crippen LogP contribution in [-0.4, -0.2) is 169 Å². The average Bonchev–Trinajstić information content (AvgIpc) is 3.33. The molecule has 1 heterocycles. The number of benzene rings is 1. The van der Waals surface area contributed by atoms with E-state index in [1.807, 2.05) is 13.8 Å². The fraction of sp³-hybridized carbons (Fsp3) is 0.686. The highest BCUT2D eigenvalue weighted by Gasteiger charge is 2.45. The summed E-state index contributed by atoms with van der Waals surface area (Å²) < 4.78 is 11.1. The molecule has 1 aromatic carbocycles. The van der Waals surface area contributed by atoms with E-state index in [9.17, 15) is 47.9 Å². The molecule has 1 aliphatic rings. The lowest BCUT2D eigenvalue weighted by Crippen LogP contribution is -2.60. The molecule has 0 radical (unpaired) electrons. The molecule has 1 fully saturated rings. The fourth-order valence-corrected chi connectivity index (χ4v) is 8.40. The highest BCUT2D eigenvalue weighted by molar-refractivity contribution is 6.09. The van der Waals surface area contributed by atoms with Gasteiger partial charge < -0.3 is 50.3 Å². The van der Waals surface area contributed by atoms with E-state index in [0.29, 0.717) is 17.7 Å². The van der Waals surface area contributed by atoms with Crippen LogP contribution in [-0.2, 0) is 59.1 Å². The Morgan fingerprint density at radius 2 is 1.25 bits per heavy atom. The molecule has 0 bridgehead atoms. The molecule has 1 saturated heterocycles. The van der Waals surface area contributed by atoms with Gasteiger partial charge in [0.25, 0.3) is 5.91 Å². The number of hydrogen-bond acceptors (Lipinski definition) is 12. The standard InChI is InChI=1S/C51H82N8O12/c1-18-30(7)42-47(66)53-26-39(60)57(14)37(24-28(3)4)45(64)52-27-40(61)59(16)41(29(5)6)48(67)58(15)38(25-34-20-22-35(70-17)23-21-34)46(65)54-32(9)43(62)51(11,12)50(69)56(13)33(10)44(63)55-36(19-2)31(8)49(68)71-42/h20-23,28-33,36-38,41-42H,18-19,24-27H2,1-17H3,(H,52,64)(H,53,66)(H,54,65)(H,55,63)/t30?,31?,32-,33-,36?,37-,38+,41-,42?/m0/s1. The number of ketones is 1. The van der Waals surface area contributed by atoms with Crippen LogP contribution in [0.3, 0.4) is 0 Å². The minimum atomic E-state index is -1.79. The van der Waals surface area contributed by atoms with Gasteiger partial charge in [-0.3, -0.25) is 47.9 Å². The van der Waals surface area contributed by atoms with E-state index in [1.165, 1.54) is 84.6 Å². The lowest BCUT2D eigenvalue weighted by molar-refractivity contribution is -0.164. The Kier molecular flexibility index (Phi) is 23.2. The predicted molar refractivity (Wildman–Crippen MR) is 266 cm³/mol. The molecule has 71 heavy (non-hydrogen) atoms. The second-order valence-electron chi connectivity index (χ2n) is 20.2. The molecule has 2 rings (SSSR count). The molecule has 398 valence electrons. The number of likely N-dealkylation sites (N-methyl/N-ethyl adjacent to an activating group) is 4. The summed E-state index contributed by atoms with van der Waals surface area (Å²) in [6.45, 7) is 18.5. The topological polar surface area (TPSA) is 250 Å². The van der Waals surface area contributed by atoms with Crippen molar-refractivity contribution in [1.82, 2.24) is 40.9 Å². The lowest BCUT2D eigenvalue weighted by Gasteiger charge is -2.37. The molecular formula is C51H82N8O12. The van der Waals surface area contributed by atoms with Crippen molar-refractivity contribution in [3.8, 4) is 5.75 Å². The summed E-state index contributed by atoms with van der Waals surface area (Å²) in [4.78, 5) is 145. The van der Waals surface area contributed by atoms with E-state index < -0.39 is 138 Å². The fourth-order valence-electron chi connectivity index (χ4n) is 8.40. The van der Waals surface area contributed by atoms with E-state index in [-0.39, 0.29) is 25.2 Å². The van der Waals surface area contributed by atoms with E-state index in [4.69, 9.17) is 9.47 Å². The first kappa shape index (κ1) is 61.0. The molecule has 20 nitrogen and oxygen atoms in total. The molecule has 0 aromatic heterocycles. The minimum Gasteiger partial charge on any atom is -0.497 e. The number of methoxy groups -OCH3 is 1. The Balaban J connectivity index is 2.72. The first-order chi connectivity index (χ1) is 33.0. The molecule has 1 aromatic rings. The van der Waals surface area contributed by atoms with Gasteiger partial charge in [-0.2, -0.15) is 0 Å². The zero-order valence-corrected chi connectivity index (χ0v) is 45.1. The Morgan fingerprint density at radius 1 is 0.704 bits per heavy atom. The van der Waals surface area contributed by atoms with Gasteiger partial charge in [-0.1, -0.05) is 60.6 Å². The van der Waals surface area contributed by atoms with Crippen molar-refractivity contribution in [3.63, 3.8) is 0 Å². The van der Waals surface area contributed by atoms with Gasteiger partial charge in [0.2, 0.25) is 41.4 Å². The summed E-state index contributed by atoms with van der Waals surface area (Å²) in [6.07, 6.45) is -0.495. The van der Waals surface area contributed by atoms with Crippen LogP contribution >= 0.6 is 0 Å². The maximum absolute atomic E-state index is 14.6. The van der Waals surface area contributed by atoms with Gasteiger partial charge in [0.05, 0.1) is 32.2 Å². The molecule has 4 unspecified atom stereocenters. The van der Waals surface area contributed by atoms with Crippen LogP contribution in [0.5, 0.6) is 5.75 Å². The number of nitrogens with zero attached hydrogens (tertiary/aromatic N) is 4. The minimum absolute atomic E-state index is 0.0319. The normalized spacial score (nSPS) is 26.7. The number of Topliss-reactive ketones (excluding diaryl/α,β-unsaturated/α-hetero) is 1. The van der Waals surface area contributed by atoms with E-state index in [0.717, 1.165) is 4.90 Å². The van der Waals surface area contributed by atoms with Crippen molar-refractivity contribution in [2.24, 2.45) is 29.1 Å². The average molecular weight is 999 g/mol. The van der Waals surface area contributed by atoms with Crippen LogP contribution in [0.25, 0.3) is 0 Å². The van der Waals surface area contributed by atoms with Gasteiger partial charge in [0.15, 0.2) is 11.9 Å². The van der Waals surface area contributed by atoms with Gasteiger partial charge in [-0.15, -0.1) is 0 Å². The van der Waals surface area contributed by atoms with E-state index in [1.54, 1.807) is 58.9 Å². The lowest BCUT2D eigenvalue weighted by atomic mass is 9.82. The maximum atomic E-state index is 14.6. The molecule has 8 amide bonds. The van der Waals surface area contributed by atoms with Gasteiger partial charge >= 0.3 is 5.97 Å². The second kappa shape index (κ2) is 26.9. The zero-order valence-electron chi connectivity index (χ0n) is 45.1. The van der Waals surface area contributed by atoms with Gasteiger partial charge in [0.1, 0.15) is 35.3 Å². The summed E-state index contributed by atoms with van der Waals surface area (Å²) in [5.41, 5.74) is -1.15. The Labute approximate surface area is 420 Å². The molecule has 4 N–H and O–H groups in total. The van der Waals surface area contributed by atoms with E-state index >= 15 is 0 Å². The third-order valence-electron chi connectivity index (χ3n) is 13.7. The van der Waals surface area contributed by atoms with Crippen LogP contribution in [0.15, 0.2) is 24.3 Å². The van der Waals surface area contributed by atoms with Gasteiger partial charge in [0, 0.05) is 46.6 Å². The van der Waals surface area contributed by atoms with Gasteiger partial charge in [-0.25, -0.2) is 0 Å². The summed E-state index contributed by atoms with van der Waals surface area (Å²) in [5.74, 6) is -8.41. The highest BCUT2D eigenvalue weighted by atomic mass is 16.5. The first-order valence-corrected chi connectivity index (χ1v) is 24.6. The van der Waals surface area contributed by atoms with Crippen molar-refractivity contribution >= 4 is 59.0 Å². The van der Waals surface area contributed by atoms with Crippen LogP contribution in [0.1, 0.15) is 108 Å². The number of esters is 1. The van der Waals surface area contributed by atoms with Crippen LogP contribution in [0.2, 0.25) is 0 Å². The van der Waals surface area contributed by atoms with E-state index in [2.05, 4.69) is 21.3 Å².